The molecular weight excluding hydrogens is 534 g/mol. The number of rotatable bonds is 4. The number of hydrogen-bond donors (Lipinski definition) is 4. The maximum Gasteiger partial charge on any atom is 0.252 e. The summed E-state index contributed by atoms with van der Waals surface area (Å²) in [6.07, 6.45) is -0.611. The Kier molecular flexibility index (Phi) is 9.67. The molecule has 12 heteroatoms. The van der Waals surface area contributed by atoms with E-state index in [-0.39, 0.29) is 56.6 Å². The topological polar surface area (TPSA) is 150 Å². The Labute approximate surface area is 235 Å². The molecule has 4 amide bonds. The van der Waals surface area contributed by atoms with E-state index in [1.54, 1.807) is 18.2 Å². The van der Waals surface area contributed by atoms with Crippen molar-refractivity contribution >= 4 is 45.2 Å². The predicted octanol–water partition coefficient (Wildman–Crippen LogP) is 1.17. The van der Waals surface area contributed by atoms with Crippen molar-refractivity contribution in [1.29, 1.82) is 0 Å². The molecule has 0 saturated heterocycles. The third-order valence-corrected chi connectivity index (χ3v) is 7.54. The summed E-state index contributed by atoms with van der Waals surface area (Å²) in [4.78, 5) is 57.5. The van der Waals surface area contributed by atoms with E-state index < -0.39 is 24.0 Å². The zero-order chi connectivity index (χ0) is 28.6. The SMILES string of the molecule is Cc1ccc2cc1OCCNC(=O)CN(C(=O)CCc1nc3ccccc3s1)CCNC(=O)[C@H]([C@@H](C)O)NC2=O. The van der Waals surface area contributed by atoms with Gasteiger partial charge in [-0.05, 0) is 43.7 Å². The molecule has 2 heterocycles. The molecule has 1 aliphatic rings. The summed E-state index contributed by atoms with van der Waals surface area (Å²) >= 11 is 1.52. The monoisotopic (exact) mass is 567 g/mol. The number of fused-ring (bicyclic) bond motifs is 3. The van der Waals surface area contributed by atoms with Gasteiger partial charge < -0.3 is 30.7 Å². The molecule has 212 valence electrons. The van der Waals surface area contributed by atoms with Crippen LogP contribution >= 0.6 is 11.3 Å². The lowest BCUT2D eigenvalue weighted by atomic mass is 10.1. The molecule has 0 fully saturated rings. The van der Waals surface area contributed by atoms with Gasteiger partial charge in [-0.3, -0.25) is 19.2 Å². The Hall–Kier alpha value is -4.03. The fraction of sp³-hybridized carbons (Fsp3) is 0.393. The Bertz CT molecular complexity index is 1360. The second kappa shape index (κ2) is 13.4. The van der Waals surface area contributed by atoms with Gasteiger partial charge >= 0.3 is 0 Å². The second-order valence-electron chi connectivity index (χ2n) is 9.55. The maximum atomic E-state index is 13.1. The second-order valence-corrected chi connectivity index (χ2v) is 10.7. The first-order valence-corrected chi connectivity index (χ1v) is 13.9. The number of aliphatic hydroxyl groups is 1. The summed E-state index contributed by atoms with van der Waals surface area (Å²) in [6.45, 7) is 3.47. The van der Waals surface area contributed by atoms with Crippen LogP contribution in [0.4, 0.5) is 0 Å². The molecule has 11 nitrogen and oxygen atoms in total. The van der Waals surface area contributed by atoms with Crippen molar-refractivity contribution in [1.82, 2.24) is 25.8 Å². The molecule has 0 aliphatic carbocycles. The first kappa shape index (κ1) is 29.0. The Morgan fingerprint density at radius 1 is 1.18 bits per heavy atom. The fourth-order valence-electron chi connectivity index (χ4n) is 4.22. The highest BCUT2D eigenvalue weighted by Crippen LogP contribution is 2.23. The molecule has 4 N–H and O–H groups in total. The van der Waals surface area contributed by atoms with Crippen LogP contribution in [0.3, 0.4) is 0 Å². The number of benzene rings is 2. The van der Waals surface area contributed by atoms with Gasteiger partial charge in [0.2, 0.25) is 17.7 Å². The Balaban J connectivity index is 1.46. The largest absolute Gasteiger partial charge is 0.491 e. The number of ether oxygens (including phenoxy) is 1. The van der Waals surface area contributed by atoms with Gasteiger partial charge in [0.1, 0.15) is 18.4 Å². The van der Waals surface area contributed by atoms with Crippen molar-refractivity contribution < 1.29 is 29.0 Å². The number of aryl methyl sites for hydroxylation is 2. The van der Waals surface area contributed by atoms with Gasteiger partial charge in [0, 0.05) is 31.5 Å². The molecule has 0 spiro atoms. The Morgan fingerprint density at radius 3 is 2.75 bits per heavy atom. The van der Waals surface area contributed by atoms with E-state index in [1.807, 2.05) is 31.2 Å². The lowest BCUT2D eigenvalue weighted by Crippen LogP contribution is -2.53. The zero-order valence-electron chi connectivity index (χ0n) is 22.4. The average Bonchev–Trinajstić information content (AvgIpc) is 3.35. The number of hydrogen-bond acceptors (Lipinski definition) is 8. The number of carbonyl (C=O) groups excluding carboxylic acids is 4. The molecule has 0 saturated carbocycles. The number of nitrogens with one attached hydrogen (secondary N) is 3. The van der Waals surface area contributed by atoms with Gasteiger partial charge in [-0.2, -0.15) is 0 Å². The van der Waals surface area contributed by atoms with Crippen LogP contribution in [0.5, 0.6) is 5.75 Å². The molecule has 3 aromatic rings. The highest BCUT2D eigenvalue weighted by atomic mass is 32.1. The molecule has 1 aromatic heterocycles. The van der Waals surface area contributed by atoms with Crippen molar-refractivity contribution in [2.45, 2.75) is 38.8 Å². The van der Waals surface area contributed by atoms with E-state index in [0.717, 1.165) is 20.8 Å². The van der Waals surface area contributed by atoms with E-state index in [2.05, 4.69) is 20.9 Å². The van der Waals surface area contributed by atoms with Crippen LogP contribution < -0.4 is 20.7 Å². The fourth-order valence-corrected chi connectivity index (χ4v) is 5.19. The van der Waals surface area contributed by atoms with E-state index in [4.69, 9.17) is 4.74 Å². The maximum absolute atomic E-state index is 13.1. The molecular formula is C28H33N5O6S. The molecule has 0 radical (unpaired) electrons. The van der Waals surface area contributed by atoms with Gasteiger partial charge in [-0.1, -0.05) is 18.2 Å². The molecule has 2 aromatic carbocycles. The number of aromatic nitrogens is 1. The summed E-state index contributed by atoms with van der Waals surface area (Å²) < 4.78 is 6.81. The average molecular weight is 568 g/mol. The molecule has 40 heavy (non-hydrogen) atoms. The van der Waals surface area contributed by atoms with E-state index in [1.165, 1.54) is 23.2 Å². The van der Waals surface area contributed by atoms with Crippen molar-refractivity contribution in [3.63, 3.8) is 0 Å². The smallest absolute Gasteiger partial charge is 0.252 e. The van der Waals surface area contributed by atoms with Crippen LogP contribution in [-0.4, -0.2) is 83.6 Å². The third-order valence-electron chi connectivity index (χ3n) is 6.44. The molecule has 4 rings (SSSR count). The predicted molar refractivity (Wildman–Crippen MR) is 150 cm³/mol. The quantitative estimate of drug-likeness (QED) is 0.370. The standard InChI is InChI=1S/C28H33N5O6S/c1-17-7-8-19-15-21(17)39-14-12-29-23(35)16-33(13-11-30-28(38)26(18(2)34)32-27(19)37)25(36)10-9-24-31-20-5-3-4-6-22(20)40-24/h3-8,15,18,26,34H,9-14,16H2,1-2H3,(H,29,35)(H,30,38)(H,32,37)/t18-,26+/m1/s1. The zero-order valence-corrected chi connectivity index (χ0v) is 23.3. The van der Waals surface area contributed by atoms with E-state index in [0.29, 0.717) is 12.2 Å². The van der Waals surface area contributed by atoms with Gasteiger partial charge in [-0.15, -0.1) is 11.3 Å². The van der Waals surface area contributed by atoms with Crippen molar-refractivity contribution in [2.24, 2.45) is 0 Å². The van der Waals surface area contributed by atoms with Crippen molar-refractivity contribution in [3.05, 3.63) is 58.6 Å². The number of amides is 4. The molecule has 2 bridgehead atoms. The van der Waals surface area contributed by atoms with Gasteiger partial charge in [0.05, 0.1) is 34.4 Å². The minimum atomic E-state index is -1.22. The Morgan fingerprint density at radius 2 is 1.98 bits per heavy atom. The summed E-state index contributed by atoms with van der Waals surface area (Å²) in [5, 5.41) is 19.0. The highest BCUT2D eigenvalue weighted by Gasteiger charge is 2.27. The lowest BCUT2D eigenvalue weighted by Gasteiger charge is -2.24. The molecule has 1 aliphatic heterocycles. The number of nitrogens with zero attached hydrogens (tertiary/aromatic N) is 2. The summed E-state index contributed by atoms with van der Waals surface area (Å²) in [7, 11) is 0. The number of para-hydroxylation sites is 1. The molecule has 0 unspecified atom stereocenters. The highest BCUT2D eigenvalue weighted by molar-refractivity contribution is 7.18. The lowest BCUT2D eigenvalue weighted by molar-refractivity contribution is -0.136. The van der Waals surface area contributed by atoms with Gasteiger partial charge in [0.25, 0.3) is 5.91 Å². The third kappa shape index (κ3) is 7.54. The van der Waals surface area contributed by atoms with E-state index in [9.17, 15) is 24.3 Å². The van der Waals surface area contributed by atoms with Crippen LogP contribution in [-0.2, 0) is 20.8 Å². The normalized spacial score (nSPS) is 18.2. The minimum absolute atomic E-state index is 0.0237. The minimum Gasteiger partial charge on any atom is -0.491 e. The van der Waals surface area contributed by atoms with Crippen LogP contribution in [0.1, 0.15) is 34.3 Å². The van der Waals surface area contributed by atoms with Crippen LogP contribution in [0.2, 0.25) is 0 Å². The number of carbonyl (C=O) groups is 4. The van der Waals surface area contributed by atoms with Crippen LogP contribution in [0.25, 0.3) is 10.2 Å². The van der Waals surface area contributed by atoms with Crippen LogP contribution in [0.15, 0.2) is 42.5 Å². The van der Waals surface area contributed by atoms with Crippen molar-refractivity contribution in [2.75, 3.05) is 32.8 Å². The van der Waals surface area contributed by atoms with Crippen LogP contribution in [0, 0.1) is 6.92 Å². The molecule has 2 atom stereocenters. The summed E-state index contributed by atoms with van der Waals surface area (Å²) in [5.74, 6) is -1.32. The van der Waals surface area contributed by atoms with E-state index >= 15 is 0 Å². The van der Waals surface area contributed by atoms with Gasteiger partial charge in [-0.25, -0.2) is 4.98 Å². The first-order chi connectivity index (χ1) is 19.2. The number of thiazole rings is 1. The number of aliphatic hydroxyl groups excluding tert-OH is 1. The summed E-state index contributed by atoms with van der Waals surface area (Å²) in [6, 6.07) is 11.4. The van der Waals surface area contributed by atoms with Crippen molar-refractivity contribution in [3.8, 4) is 5.75 Å². The first-order valence-electron chi connectivity index (χ1n) is 13.1. The summed E-state index contributed by atoms with van der Waals surface area (Å²) in [5.41, 5.74) is 1.93. The van der Waals surface area contributed by atoms with Gasteiger partial charge in [0.15, 0.2) is 0 Å².